The van der Waals surface area contributed by atoms with E-state index >= 15 is 0 Å². The van der Waals surface area contributed by atoms with E-state index in [9.17, 15) is 4.39 Å². The molecule has 0 bridgehead atoms. The molecule has 2 aromatic carbocycles. The number of ether oxygens (including phenoxy) is 1. The second-order valence-corrected chi connectivity index (χ2v) is 5.02. The molecular weight excluding hydrogens is 265 g/mol. The molecule has 0 atom stereocenters. The van der Waals surface area contributed by atoms with Gasteiger partial charge in [0.05, 0.1) is 0 Å². The summed E-state index contributed by atoms with van der Waals surface area (Å²) in [5, 5.41) is 0. The van der Waals surface area contributed by atoms with Crippen molar-refractivity contribution in [3.8, 4) is 5.75 Å². The van der Waals surface area contributed by atoms with Gasteiger partial charge < -0.3 is 10.5 Å². The second-order valence-electron chi connectivity index (χ2n) is 5.02. The third-order valence-electron chi connectivity index (χ3n) is 3.63. The third kappa shape index (κ3) is 2.31. The fourth-order valence-electron chi connectivity index (χ4n) is 2.61. The Morgan fingerprint density at radius 3 is 2.48 bits per heavy atom. The molecule has 2 aromatic rings. The Labute approximate surface area is 123 Å². The molecule has 0 saturated carbocycles. The summed E-state index contributed by atoms with van der Waals surface area (Å²) < 4.78 is 19.1. The van der Waals surface area contributed by atoms with E-state index in [1.54, 1.807) is 12.1 Å². The number of hydrogen-bond donors (Lipinski definition) is 1. The zero-order valence-electron chi connectivity index (χ0n) is 12.0. The average molecular weight is 281 g/mol. The molecule has 0 fully saturated rings. The lowest BCUT2D eigenvalue weighted by molar-refractivity contribution is 0.429. The highest BCUT2D eigenvalue weighted by molar-refractivity contribution is 5.88. The van der Waals surface area contributed by atoms with E-state index < -0.39 is 0 Å². The van der Waals surface area contributed by atoms with E-state index in [4.69, 9.17) is 10.5 Å². The lowest BCUT2D eigenvalue weighted by Crippen LogP contribution is -2.09. The highest BCUT2D eigenvalue weighted by atomic mass is 19.1. The first-order chi connectivity index (χ1) is 10.1. The Morgan fingerprint density at radius 2 is 1.81 bits per heavy atom. The van der Waals surface area contributed by atoms with Crippen LogP contribution in [0.1, 0.15) is 25.0 Å². The monoisotopic (exact) mass is 281 g/mol. The molecule has 3 rings (SSSR count). The van der Waals surface area contributed by atoms with E-state index in [0.717, 1.165) is 33.8 Å². The third-order valence-corrected chi connectivity index (χ3v) is 3.63. The van der Waals surface area contributed by atoms with Gasteiger partial charge in [-0.15, -0.1) is 0 Å². The number of halogens is 1. The molecule has 1 aliphatic rings. The molecule has 2 N–H and O–H groups in total. The molecule has 1 aliphatic heterocycles. The molecule has 2 nitrogen and oxygen atoms in total. The lowest BCUT2D eigenvalue weighted by Gasteiger charge is -2.25. The molecule has 0 saturated heterocycles. The summed E-state index contributed by atoms with van der Waals surface area (Å²) in [6, 6.07) is 12.1. The molecule has 3 heteroatoms. The molecule has 0 unspecified atom stereocenters. The van der Waals surface area contributed by atoms with Crippen molar-refractivity contribution in [3.63, 3.8) is 0 Å². The number of fused-ring (bicyclic) bond motifs is 1. The van der Waals surface area contributed by atoms with E-state index in [1.165, 1.54) is 12.1 Å². The van der Waals surface area contributed by atoms with Gasteiger partial charge in [-0.1, -0.05) is 12.1 Å². The maximum absolute atomic E-state index is 13.2. The van der Waals surface area contributed by atoms with Gasteiger partial charge in [-0.25, -0.2) is 4.39 Å². The first-order valence-corrected chi connectivity index (χ1v) is 6.81. The Bertz CT molecular complexity index is 757. The van der Waals surface area contributed by atoms with Gasteiger partial charge in [0.1, 0.15) is 17.3 Å². The van der Waals surface area contributed by atoms with Crippen molar-refractivity contribution in [2.24, 2.45) is 0 Å². The predicted molar refractivity (Wildman–Crippen MR) is 83.3 cm³/mol. The van der Waals surface area contributed by atoms with Crippen molar-refractivity contribution >= 4 is 11.3 Å². The van der Waals surface area contributed by atoms with E-state index in [2.05, 4.69) is 0 Å². The number of benzene rings is 2. The predicted octanol–water partition coefficient (Wildman–Crippen LogP) is 4.53. The Balaban J connectivity index is 2.26. The smallest absolute Gasteiger partial charge is 0.137 e. The number of nitrogen functional groups attached to an aromatic ring is 1. The number of allylic oxidation sites excluding steroid dienone is 2. The van der Waals surface area contributed by atoms with Crippen LogP contribution in [0.5, 0.6) is 5.75 Å². The zero-order valence-corrected chi connectivity index (χ0v) is 12.0. The molecule has 0 spiro atoms. The number of rotatable bonds is 1. The van der Waals surface area contributed by atoms with Gasteiger partial charge in [0.2, 0.25) is 0 Å². The Morgan fingerprint density at radius 1 is 1.10 bits per heavy atom. The maximum atomic E-state index is 13.2. The summed E-state index contributed by atoms with van der Waals surface area (Å²) in [6.07, 6.45) is 1.92. The summed E-state index contributed by atoms with van der Waals surface area (Å²) in [7, 11) is 0. The maximum Gasteiger partial charge on any atom is 0.137 e. The highest BCUT2D eigenvalue weighted by Crippen LogP contribution is 2.41. The van der Waals surface area contributed by atoms with E-state index in [-0.39, 0.29) is 5.82 Å². The van der Waals surface area contributed by atoms with Crippen molar-refractivity contribution in [2.45, 2.75) is 13.8 Å². The minimum Gasteiger partial charge on any atom is -0.457 e. The molecule has 0 amide bonds. The van der Waals surface area contributed by atoms with Gasteiger partial charge in [0.25, 0.3) is 0 Å². The van der Waals surface area contributed by atoms with Crippen LogP contribution in [0.25, 0.3) is 5.57 Å². The Hall–Kier alpha value is -2.55. The van der Waals surface area contributed by atoms with Crippen LogP contribution < -0.4 is 10.5 Å². The van der Waals surface area contributed by atoms with Gasteiger partial charge in [-0.05, 0) is 60.9 Å². The summed E-state index contributed by atoms with van der Waals surface area (Å²) in [6.45, 7) is 3.94. The van der Waals surface area contributed by atoms with Crippen LogP contribution in [0.15, 0.2) is 59.9 Å². The van der Waals surface area contributed by atoms with E-state index in [0.29, 0.717) is 5.69 Å². The fourth-order valence-corrected chi connectivity index (χ4v) is 2.61. The van der Waals surface area contributed by atoms with Crippen molar-refractivity contribution < 1.29 is 9.13 Å². The molecule has 106 valence electrons. The largest absolute Gasteiger partial charge is 0.457 e. The SMILES string of the molecule is C/C=C1\Oc2cc(N)ccc2C(c2ccc(F)cc2)=C1C. The topological polar surface area (TPSA) is 35.2 Å². The van der Waals surface area contributed by atoms with Crippen molar-refractivity contribution in [1.82, 2.24) is 0 Å². The summed E-state index contributed by atoms with van der Waals surface area (Å²) in [5.74, 6) is 1.29. The fraction of sp³-hybridized carbons (Fsp3) is 0.111. The van der Waals surface area contributed by atoms with Crippen LogP contribution in [-0.2, 0) is 0 Å². The molecular formula is C18H16FNO. The second kappa shape index (κ2) is 5.09. The molecule has 0 radical (unpaired) electrons. The summed E-state index contributed by atoms with van der Waals surface area (Å²) in [4.78, 5) is 0. The van der Waals surface area contributed by atoms with Crippen LogP contribution in [0.4, 0.5) is 10.1 Å². The molecule has 0 aliphatic carbocycles. The van der Waals surface area contributed by atoms with Crippen LogP contribution >= 0.6 is 0 Å². The van der Waals surface area contributed by atoms with Crippen LogP contribution in [-0.4, -0.2) is 0 Å². The summed E-state index contributed by atoms with van der Waals surface area (Å²) >= 11 is 0. The first-order valence-electron chi connectivity index (χ1n) is 6.81. The average Bonchev–Trinajstić information content (AvgIpc) is 2.48. The first kappa shape index (κ1) is 13.4. The highest BCUT2D eigenvalue weighted by Gasteiger charge is 2.22. The standard InChI is InChI=1S/C18H16FNO/c1-3-16-11(2)18(12-4-6-13(19)7-5-12)15-9-8-14(20)10-17(15)21-16/h3-10H,20H2,1-2H3/b16-3-. The minimum atomic E-state index is -0.243. The quantitative estimate of drug-likeness (QED) is 0.780. The van der Waals surface area contributed by atoms with Gasteiger partial charge in [0, 0.05) is 17.3 Å². The number of nitrogens with two attached hydrogens (primary N) is 1. The van der Waals surface area contributed by atoms with Crippen molar-refractivity contribution in [2.75, 3.05) is 5.73 Å². The van der Waals surface area contributed by atoms with Gasteiger partial charge >= 0.3 is 0 Å². The van der Waals surface area contributed by atoms with Gasteiger partial charge in [0.15, 0.2) is 0 Å². The zero-order chi connectivity index (χ0) is 15.0. The molecule has 0 aromatic heterocycles. The van der Waals surface area contributed by atoms with Crippen LogP contribution in [0.3, 0.4) is 0 Å². The van der Waals surface area contributed by atoms with Crippen molar-refractivity contribution in [1.29, 1.82) is 0 Å². The Kier molecular flexibility index (Phi) is 3.26. The van der Waals surface area contributed by atoms with Crippen LogP contribution in [0, 0.1) is 5.82 Å². The van der Waals surface area contributed by atoms with Gasteiger partial charge in [-0.2, -0.15) is 0 Å². The normalized spacial score (nSPS) is 15.9. The molecule has 1 heterocycles. The lowest BCUT2D eigenvalue weighted by atomic mass is 9.90. The van der Waals surface area contributed by atoms with Gasteiger partial charge in [-0.3, -0.25) is 0 Å². The van der Waals surface area contributed by atoms with Crippen LogP contribution in [0.2, 0.25) is 0 Å². The van der Waals surface area contributed by atoms with E-state index in [1.807, 2.05) is 38.1 Å². The molecule has 21 heavy (non-hydrogen) atoms. The summed E-state index contributed by atoms with van der Waals surface area (Å²) in [5.41, 5.74) is 10.5. The van der Waals surface area contributed by atoms with Crippen molar-refractivity contribution in [3.05, 3.63) is 76.8 Å². The number of hydrogen-bond acceptors (Lipinski definition) is 2. The minimum absolute atomic E-state index is 0.243. The number of anilines is 1.